The van der Waals surface area contributed by atoms with Gasteiger partial charge in [-0.05, 0) is 63.8 Å². The van der Waals surface area contributed by atoms with Gasteiger partial charge in [0.05, 0.1) is 6.61 Å². The number of benzene rings is 1. The first kappa shape index (κ1) is 15.0. The fraction of sp³-hybridized carbons (Fsp3) is 0.625. The second-order valence-corrected chi connectivity index (χ2v) is 5.04. The third kappa shape index (κ3) is 5.09. The minimum atomic E-state index is 0.590. The fourth-order valence-electron chi connectivity index (χ4n) is 1.94. The number of hydrogen-bond donors (Lipinski definition) is 1. The molecule has 102 valence electrons. The molecule has 0 bridgehead atoms. The molecule has 1 rings (SSSR count). The first-order chi connectivity index (χ1) is 8.65. The highest BCUT2D eigenvalue weighted by Gasteiger charge is 2.03. The van der Waals surface area contributed by atoms with Gasteiger partial charge in [-0.2, -0.15) is 0 Å². The van der Waals surface area contributed by atoms with Crippen LogP contribution in [0, 0.1) is 13.8 Å². The molecule has 0 radical (unpaired) electrons. The first-order valence-corrected chi connectivity index (χ1v) is 7.07. The number of rotatable bonds is 8. The summed E-state index contributed by atoms with van der Waals surface area (Å²) in [5, 5.41) is 3.50. The molecule has 2 nitrogen and oxygen atoms in total. The summed E-state index contributed by atoms with van der Waals surface area (Å²) in [6, 6.07) is 6.83. The Bertz CT molecular complexity index is 349. The lowest BCUT2D eigenvalue weighted by Gasteiger charge is -2.14. The maximum atomic E-state index is 5.84. The summed E-state index contributed by atoms with van der Waals surface area (Å²) in [4.78, 5) is 0. The molecule has 0 aliphatic heterocycles. The van der Waals surface area contributed by atoms with Crippen LogP contribution in [-0.4, -0.2) is 19.2 Å². The zero-order valence-electron chi connectivity index (χ0n) is 12.3. The van der Waals surface area contributed by atoms with E-state index in [0.717, 1.165) is 25.3 Å². The van der Waals surface area contributed by atoms with Gasteiger partial charge in [0.1, 0.15) is 5.75 Å². The third-order valence-corrected chi connectivity index (χ3v) is 3.34. The largest absolute Gasteiger partial charge is 0.493 e. The van der Waals surface area contributed by atoms with Crippen molar-refractivity contribution in [2.45, 2.75) is 53.0 Å². The molecule has 1 unspecified atom stereocenters. The minimum absolute atomic E-state index is 0.590. The lowest BCUT2D eigenvalue weighted by molar-refractivity contribution is 0.296. The summed E-state index contributed by atoms with van der Waals surface area (Å²) in [7, 11) is 0. The Morgan fingerprint density at radius 1 is 1.28 bits per heavy atom. The molecule has 1 N–H and O–H groups in total. The fourth-order valence-corrected chi connectivity index (χ4v) is 1.94. The smallest absolute Gasteiger partial charge is 0.122 e. The SMILES string of the molecule is CCCNC(C)CCCOc1cccc(C)c1C. The van der Waals surface area contributed by atoms with Crippen LogP contribution in [0.3, 0.4) is 0 Å². The van der Waals surface area contributed by atoms with Gasteiger partial charge in [-0.15, -0.1) is 0 Å². The first-order valence-electron chi connectivity index (χ1n) is 7.07. The zero-order chi connectivity index (χ0) is 13.4. The van der Waals surface area contributed by atoms with E-state index in [1.165, 1.54) is 24.0 Å². The Kier molecular flexibility index (Phi) is 6.81. The van der Waals surface area contributed by atoms with Crippen LogP contribution >= 0.6 is 0 Å². The average molecular weight is 249 g/mol. The normalized spacial score (nSPS) is 12.4. The molecular weight excluding hydrogens is 222 g/mol. The molecule has 0 spiro atoms. The monoisotopic (exact) mass is 249 g/mol. The predicted molar refractivity (Wildman–Crippen MR) is 78.4 cm³/mol. The van der Waals surface area contributed by atoms with E-state index in [9.17, 15) is 0 Å². The molecule has 1 aromatic rings. The molecule has 0 saturated heterocycles. The van der Waals surface area contributed by atoms with E-state index in [1.807, 2.05) is 0 Å². The second-order valence-electron chi connectivity index (χ2n) is 5.04. The Balaban J connectivity index is 2.23. The van der Waals surface area contributed by atoms with Crippen molar-refractivity contribution in [3.63, 3.8) is 0 Å². The lowest BCUT2D eigenvalue weighted by Crippen LogP contribution is -2.26. The lowest BCUT2D eigenvalue weighted by atomic mass is 10.1. The van der Waals surface area contributed by atoms with Gasteiger partial charge in [-0.1, -0.05) is 19.1 Å². The molecule has 0 saturated carbocycles. The van der Waals surface area contributed by atoms with Gasteiger partial charge in [-0.3, -0.25) is 0 Å². The molecule has 18 heavy (non-hydrogen) atoms. The summed E-state index contributed by atoms with van der Waals surface area (Å²) >= 11 is 0. The maximum Gasteiger partial charge on any atom is 0.122 e. The molecular formula is C16H27NO. The zero-order valence-corrected chi connectivity index (χ0v) is 12.3. The van der Waals surface area contributed by atoms with Crippen LogP contribution in [0.2, 0.25) is 0 Å². The highest BCUT2D eigenvalue weighted by Crippen LogP contribution is 2.20. The highest BCUT2D eigenvalue weighted by atomic mass is 16.5. The van der Waals surface area contributed by atoms with Crippen LogP contribution in [0.15, 0.2) is 18.2 Å². The van der Waals surface area contributed by atoms with E-state index in [4.69, 9.17) is 4.74 Å². The molecule has 2 heteroatoms. The van der Waals surface area contributed by atoms with Gasteiger partial charge in [0.15, 0.2) is 0 Å². The molecule has 0 heterocycles. The van der Waals surface area contributed by atoms with Crippen LogP contribution in [0.25, 0.3) is 0 Å². The topological polar surface area (TPSA) is 21.3 Å². The molecule has 0 aliphatic carbocycles. The van der Waals surface area contributed by atoms with E-state index in [-0.39, 0.29) is 0 Å². The number of ether oxygens (including phenoxy) is 1. The van der Waals surface area contributed by atoms with Gasteiger partial charge in [0.25, 0.3) is 0 Å². The summed E-state index contributed by atoms with van der Waals surface area (Å²) in [6.45, 7) is 10.6. The van der Waals surface area contributed by atoms with Crippen molar-refractivity contribution in [3.8, 4) is 5.75 Å². The van der Waals surface area contributed by atoms with Gasteiger partial charge in [-0.25, -0.2) is 0 Å². The summed E-state index contributed by atoms with van der Waals surface area (Å²) in [5.74, 6) is 1.03. The van der Waals surface area contributed by atoms with Crippen LogP contribution in [0.1, 0.15) is 44.2 Å². The van der Waals surface area contributed by atoms with Crippen LogP contribution in [-0.2, 0) is 0 Å². The van der Waals surface area contributed by atoms with Crippen LogP contribution in [0.4, 0.5) is 0 Å². The minimum Gasteiger partial charge on any atom is -0.493 e. The van der Waals surface area contributed by atoms with E-state index >= 15 is 0 Å². The van der Waals surface area contributed by atoms with Gasteiger partial charge >= 0.3 is 0 Å². The van der Waals surface area contributed by atoms with Gasteiger partial charge in [0, 0.05) is 6.04 Å². The highest BCUT2D eigenvalue weighted by molar-refractivity contribution is 5.38. The van der Waals surface area contributed by atoms with Crippen molar-refractivity contribution in [2.75, 3.05) is 13.2 Å². The Morgan fingerprint density at radius 2 is 2.06 bits per heavy atom. The Hall–Kier alpha value is -1.02. The predicted octanol–water partition coefficient (Wildman–Crippen LogP) is 3.85. The standard InChI is InChI=1S/C16H27NO/c1-5-11-17-14(3)9-7-12-18-16-10-6-8-13(2)15(16)4/h6,8,10,14,17H,5,7,9,11-12H2,1-4H3. The summed E-state index contributed by atoms with van der Waals surface area (Å²) < 4.78 is 5.84. The van der Waals surface area contributed by atoms with E-state index < -0.39 is 0 Å². The molecule has 0 aromatic heterocycles. The molecule has 0 fully saturated rings. The average Bonchev–Trinajstić information content (AvgIpc) is 2.37. The van der Waals surface area contributed by atoms with E-state index in [0.29, 0.717) is 6.04 Å². The molecule has 0 amide bonds. The van der Waals surface area contributed by atoms with E-state index in [2.05, 4.69) is 51.2 Å². The van der Waals surface area contributed by atoms with E-state index in [1.54, 1.807) is 0 Å². The second kappa shape index (κ2) is 8.15. The maximum absolute atomic E-state index is 5.84. The van der Waals surface area contributed by atoms with Gasteiger partial charge < -0.3 is 10.1 Å². The number of aryl methyl sites for hydroxylation is 1. The number of nitrogens with one attached hydrogen (secondary N) is 1. The molecule has 1 atom stereocenters. The quantitative estimate of drug-likeness (QED) is 0.707. The summed E-state index contributed by atoms with van der Waals surface area (Å²) in [5.41, 5.74) is 2.56. The van der Waals surface area contributed by atoms with Gasteiger partial charge in [0.2, 0.25) is 0 Å². The van der Waals surface area contributed by atoms with Crippen LogP contribution < -0.4 is 10.1 Å². The van der Waals surface area contributed by atoms with Crippen molar-refractivity contribution in [1.82, 2.24) is 5.32 Å². The number of hydrogen-bond acceptors (Lipinski definition) is 2. The van der Waals surface area contributed by atoms with Crippen molar-refractivity contribution >= 4 is 0 Å². The summed E-state index contributed by atoms with van der Waals surface area (Å²) in [6.07, 6.45) is 3.47. The Labute approximate surface area is 112 Å². The Morgan fingerprint density at radius 3 is 2.78 bits per heavy atom. The van der Waals surface area contributed by atoms with Crippen molar-refractivity contribution in [1.29, 1.82) is 0 Å². The van der Waals surface area contributed by atoms with Crippen molar-refractivity contribution in [2.24, 2.45) is 0 Å². The third-order valence-electron chi connectivity index (χ3n) is 3.34. The molecule has 1 aromatic carbocycles. The van der Waals surface area contributed by atoms with Crippen molar-refractivity contribution < 1.29 is 4.74 Å². The molecule has 0 aliphatic rings. The van der Waals surface area contributed by atoms with Crippen molar-refractivity contribution in [3.05, 3.63) is 29.3 Å². The van der Waals surface area contributed by atoms with Crippen LogP contribution in [0.5, 0.6) is 5.75 Å².